The van der Waals surface area contributed by atoms with E-state index in [1.54, 1.807) is 0 Å². The first-order valence-corrected chi connectivity index (χ1v) is 3.94. The molecule has 0 aromatic heterocycles. The first kappa shape index (κ1) is 9.97. The second kappa shape index (κ2) is 4.22. The molecule has 0 aliphatic carbocycles. The Bertz CT molecular complexity index is 348. The molecule has 0 fully saturated rings. The van der Waals surface area contributed by atoms with Crippen molar-refractivity contribution in [3.8, 4) is 6.07 Å². The van der Waals surface area contributed by atoms with E-state index in [4.69, 9.17) is 21.6 Å². The number of ether oxygens (including phenoxy) is 1. The second-order valence-corrected chi connectivity index (χ2v) is 2.85. The monoisotopic (exact) mass is 199 g/mol. The van der Waals surface area contributed by atoms with Crippen LogP contribution in [-0.2, 0) is 4.74 Å². The van der Waals surface area contributed by atoms with Crippen molar-refractivity contribution in [2.24, 2.45) is 0 Å². The lowest BCUT2D eigenvalue weighted by Crippen LogP contribution is -2.00. The summed E-state index contributed by atoms with van der Waals surface area (Å²) < 4.78 is 17.9. The molecule has 0 amide bonds. The molecule has 1 unspecified atom stereocenters. The van der Waals surface area contributed by atoms with Gasteiger partial charge in [0.1, 0.15) is 5.82 Å². The molecule has 2 nitrogen and oxygen atoms in total. The smallest absolute Gasteiger partial charge is 0.171 e. The molecule has 1 rings (SSSR count). The highest BCUT2D eigenvalue weighted by Crippen LogP contribution is 2.22. The topological polar surface area (TPSA) is 33.0 Å². The zero-order valence-corrected chi connectivity index (χ0v) is 7.68. The van der Waals surface area contributed by atoms with Gasteiger partial charge in [-0.25, -0.2) is 4.39 Å². The average molecular weight is 200 g/mol. The summed E-state index contributed by atoms with van der Waals surface area (Å²) >= 11 is 5.54. The van der Waals surface area contributed by atoms with Crippen LogP contribution < -0.4 is 0 Å². The largest absolute Gasteiger partial charge is 0.362 e. The van der Waals surface area contributed by atoms with Gasteiger partial charge in [-0.15, -0.1) is 0 Å². The number of hydrogen-bond donors (Lipinski definition) is 0. The van der Waals surface area contributed by atoms with Crippen molar-refractivity contribution in [1.82, 2.24) is 0 Å². The maximum atomic E-state index is 13.2. The van der Waals surface area contributed by atoms with Crippen LogP contribution in [0.4, 0.5) is 4.39 Å². The highest BCUT2D eigenvalue weighted by atomic mass is 35.5. The van der Waals surface area contributed by atoms with Gasteiger partial charge in [0, 0.05) is 17.7 Å². The Labute approximate surface area is 80.5 Å². The van der Waals surface area contributed by atoms with Gasteiger partial charge in [0.2, 0.25) is 0 Å². The van der Waals surface area contributed by atoms with Crippen molar-refractivity contribution in [3.63, 3.8) is 0 Å². The molecular weight excluding hydrogens is 193 g/mol. The molecule has 0 N–H and O–H groups in total. The van der Waals surface area contributed by atoms with Gasteiger partial charge in [-0.05, 0) is 12.1 Å². The van der Waals surface area contributed by atoms with Crippen molar-refractivity contribution in [2.75, 3.05) is 7.11 Å². The molecule has 0 aliphatic rings. The molecule has 0 saturated heterocycles. The number of benzene rings is 1. The van der Waals surface area contributed by atoms with Crippen LogP contribution in [0.1, 0.15) is 11.7 Å². The van der Waals surface area contributed by atoms with Crippen molar-refractivity contribution in [2.45, 2.75) is 6.10 Å². The highest BCUT2D eigenvalue weighted by Gasteiger charge is 2.13. The van der Waals surface area contributed by atoms with E-state index < -0.39 is 11.9 Å². The van der Waals surface area contributed by atoms with Crippen LogP contribution >= 0.6 is 11.6 Å². The van der Waals surface area contributed by atoms with E-state index in [2.05, 4.69) is 0 Å². The van der Waals surface area contributed by atoms with Crippen LogP contribution in [0.2, 0.25) is 5.02 Å². The minimum Gasteiger partial charge on any atom is -0.362 e. The van der Waals surface area contributed by atoms with Gasteiger partial charge in [0.25, 0.3) is 0 Å². The molecule has 1 aromatic rings. The predicted octanol–water partition coefficient (Wildman–Crippen LogP) is 2.69. The quantitative estimate of drug-likeness (QED) is 0.734. The predicted molar refractivity (Wildman–Crippen MR) is 46.8 cm³/mol. The van der Waals surface area contributed by atoms with Gasteiger partial charge in [-0.1, -0.05) is 17.7 Å². The van der Waals surface area contributed by atoms with E-state index in [0.717, 1.165) is 6.07 Å². The average Bonchev–Trinajstić information content (AvgIpc) is 2.10. The molecule has 0 heterocycles. The Morgan fingerprint density at radius 2 is 2.31 bits per heavy atom. The Morgan fingerprint density at radius 1 is 1.62 bits per heavy atom. The SMILES string of the molecule is COC(C#N)c1ccc(Cl)cc1F. The maximum Gasteiger partial charge on any atom is 0.171 e. The van der Waals surface area contributed by atoms with Crippen LogP contribution in [0.15, 0.2) is 18.2 Å². The van der Waals surface area contributed by atoms with Gasteiger partial charge >= 0.3 is 0 Å². The van der Waals surface area contributed by atoms with Crippen molar-refractivity contribution < 1.29 is 9.13 Å². The summed E-state index contributed by atoms with van der Waals surface area (Å²) in [5.41, 5.74) is 0.203. The number of methoxy groups -OCH3 is 1. The Hall–Kier alpha value is -1.11. The molecule has 0 bridgehead atoms. The number of nitriles is 1. The third kappa shape index (κ3) is 2.18. The lowest BCUT2D eigenvalue weighted by Gasteiger charge is -2.07. The molecule has 68 valence electrons. The van der Waals surface area contributed by atoms with Crippen LogP contribution in [-0.4, -0.2) is 7.11 Å². The number of hydrogen-bond acceptors (Lipinski definition) is 2. The lowest BCUT2D eigenvalue weighted by molar-refractivity contribution is 0.145. The number of halogens is 2. The van der Waals surface area contributed by atoms with Gasteiger partial charge < -0.3 is 4.74 Å². The van der Waals surface area contributed by atoms with E-state index in [1.807, 2.05) is 6.07 Å². The molecule has 4 heteroatoms. The van der Waals surface area contributed by atoms with E-state index >= 15 is 0 Å². The number of rotatable bonds is 2. The number of nitrogens with zero attached hydrogens (tertiary/aromatic N) is 1. The van der Waals surface area contributed by atoms with E-state index in [-0.39, 0.29) is 5.56 Å². The fraction of sp³-hybridized carbons (Fsp3) is 0.222. The molecular formula is C9H7ClFNO. The fourth-order valence-electron chi connectivity index (χ4n) is 0.963. The second-order valence-electron chi connectivity index (χ2n) is 2.41. The molecule has 1 atom stereocenters. The fourth-order valence-corrected chi connectivity index (χ4v) is 1.12. The lowest BCUT2D eigenvalue weighted by atomic mass is 10.1. The summed E-state index contributed by atoms with van der Waals surface area (Å²) in [7, 11) is 1.35. The summed E-state index contributed by atoms with van der Waals surface area (Å²) in [6, 6.07) is 5.93. The van der Waals surface area contributed by atoms with Crippen molar-refractivity contribution >= 4 is 11.6 Å². The maximum absolute atomic E-state index is 13.2. The van der Waals surface area contributed by atoms with Crippen LogP contribution in [0, 0.1) is 17.1 Å². The van der Waals surface area contributed by atoms with Crippen molar-refractivity contribution in [3.05, 3.63) is 34.6 Å². The molecule has 0 radical (unpaired) electrons. The summed E-state index contributed by atoms with van der Waals surface area (Å²) in [6.45, 7) is 0. The van der Waals surface area contributed by atoms with E-state index in [0.29, 0.717) is 5.02 Å². The summed E-state index contributed by atoms with van der Waals surface area (Å²) in [4.78, 5) is 0. The molecule has 0 aliphatic heterocycles. The van der Waals surface area contributed by atoms with E-state index in [1.165, 1.54) is 19.2 Å². The minimum absolute atomic E-state index is 0.203. The Kier molecular flexibility index (Phi) is 3.24. The van der Waals surface area contributed by atoms with Crippen LogP contribution in [0.25, 0.3) is 0 Å². The molecule has 13 heavy (non-hydrogen) atoms. The van der Waals surface area contributed by atoms with Crippen molar-refractivity contribution in [1.29, 1.82) is 5.26 Å². The van der Waals surface area contributed by atoms with Gasteiger partial charge in [0.05, 0.1) is 6.07 Å². The normalized spacial score (nSPS) is 12.2. The summed E-state index contributed by atoms with van der Waals surface area (Å²) in [5, 5.41) is 8.90. The van der Waals surface area contributed by atoms with Gasteiger partial charge in [0.15, 0.2) is 6.10 Å². The Balaban J connectivity index is 3.09. The standard InChI is InChI=1S/C9H7ClFNO/c1-13-9(5-12)7-3-2-6(10)4-8(7)11/h2-4,9H,1H3. The minimum atomic E-state index is -0.878. The van der Waals surface area contributed by atoms with E-state index in [9.17, 15) is 4.39 Å². The molecule has 1 aromatic carbocycles. The third-order valence-electron chi connectivity index (χ3n) is 1.60. The Morgan fingerprint density at radius 3 is 2.77 bits per heavy atom. The van der Waals surface area contributed by atoms with Gasteiger partial charge in [-0.2, -0.15) is 5.26 Å². The molecule has 0 saturated carbocycles. The molecule has 0 spiro atoms. The van der Waals surface area contributed by atoms with Gasteiger partial charge in [-0.3, -0.25) is 0 Å². The first-order valence-electron chi connectivity index (χ1n) is 3.56. The zero-order valence-electron chi connectivity index (χ0n) is 6.92. The zero-order chi connectivity index (χ0) is 9.84. The first-order chi connectivity index (χ1) is 6.19. The van der Waals surface area contributed by atoms with Crippen LogP contribution in [0.5, 0.6) is 0 Å². The third-order valence-corrected chi connectivity index (χ3v) is 1.83. The summed E-state index contributed by atoms with van der Waals surface area (Å²) in [6.07, 6.45) is -0.878. The highest BCUT2D eigenvalue weighted by molar-refractivity contribution is 6.30. The van der Waals surface area contributed by atoms with Crippen LogP contribution in [0.3, 0.4) is 0 Å². The summed E-state index contributed by atoms with van der Waals surface area (Å²) in [5.74, 6) is -0.527.